The van der Waals surface area contributed by atoms with Gasteiger partial charge in [-0.15, -0.1) is 0 Å². The van der Waals surface area contributed by atoms with E-state index in [-0.39, 0.29) is 25.3 Å². The first-order chi connectivity index (χ1) is 12.5. The van der Waals surface area contributed by atoms with E-state index in [2.05, 4.69) is 0 Å². The monoisotopic (exact) mass is 352 g/mol. The lowest BCUT2D eigenvalue weighted by Gasteiger charge is -2.13. The molecule has 6 nitrogen and oxygen atoms in total. The number of carbonyl (C=O) groups excluding carboxylic acids is 1. The van der Waals surface area contributed by atoms with Crippen LogP contribution >= 0.6 is 0 Å². The van der Waals surface area contributed by atoms with Crippen molar-refractivity contribution in [2.75, 3.05) is 0 Å². The molecule has 0 aliphatic rings. The SMILES string of the molecule is CCn1c(=O)c2ccccc2n(CC(=O)OCc2cccc(C)c2)c1=O. The number of hydrogen-bond acceptors (Lipinski definition) is 4. The Morgan fingerprint density at radius 2 is 1.81 bits per heavy atom. The highest BCUT2D eigenvalue weighted by Gasteiger charge is 2.15. The molecular formula is C20H20N2O4. The van der Waals surface area contributed by atoms with Gasteiger partial charge in [-0.3, -0.25) is 18.7 Å². The molecule has 0 unspecified atom stereocenters. The minimum absolute atomic E-state index is 0.139. The summed E-state index contributed by atoms with van der Waals surface area (Å²) in [6, 6.07) is 14.4. The quantitative estimate of drug-likeness (QED) is 0.660. The average molecular weight is 352 g/mol. The van der Waals surface area contributed by atoms with E-state index < -0.39 is 11.7 Å². The number of ether oxygens (including phenoxy) is 1. The van der Waals surface area contributed by atoms with Crippen LogP contribution in [0.5, 0.6) is 0 Å². The highest BCUT2D eigenvalue weighted by atomic mass is 16.5. The average Bonchev–Trinajstić information content (AvgIpc) is 2.64. The van der Waals surface area contributed by atoms with Gasteiger partial charge in [-0.05, 0) is 31.5 Å². The fraction of sp³-hybridized carbons (Fsp3) is 0.250. The van der Waals surface area contributed by atoms with Gasteiger partial charge in [0.15, 0.2) is 0 Å². The number of hydrogen-bond donors (Lipinski definition) is 0. The topological polar surface area (TPSA) is 70.3 Å². The number of carbonyl (C=O) groups is 1. The second-order valence-corrected chi connectivity index (χ2v) is 6.09. The molecule has 0 radical (unpaired) electrons. The van der Waals surface area contributed by atoms with Crippen LogP contribution < -0.4 is 11.2 Å². The van der Waals surface area contributed by atoms with E-state index in [0.717, 1.165) is 15.7 Å². The number of esters is 1. The molecule has 0 N–H and O–H groups in total. The van der Waals surface area contributed by atoms with Crippen molar-refractivity contribution in [3.05, 3.63) is 80.5 Å². The number of nitrogens with zero attached hydrogens (tertiary/aromatic N) is 2. The number of rotatable bonds is 5. The van der Waals surface area contributed by atoms with Crippen LogP contribution in [0.3, 0.4) is 0 Å². The number of aryl methyl sites for hydroxylation is 1. The molecular weight excluding hydrogens is 332 g/mol. The van der Waals surface area contributed by atoms with Crippen LogP contribution in [0.2, 0.25) is 0 Å². The van der Waals surface area contributed by atoms with Gasteiger partial charge in [-0.2, -0.15) is 0 Å². The Labute approximate surface area is 150 Å². The minimum Gasteiger partial charge on any atom is -0.459 e. The van der Waals surface area contributed by atoms with Crippen molar-refractivity contribution in [1.82, 2.24) is 9.13 Å². The zero-order chi connectivity index (χ0) is 18.7. The maximum Gasteiger partial charge on any atom is 0.332 e. The highest BCUT2D eigenvalue weighted by molar-refractivity contribution is 5.80. The third kappa shape index (κ3) is 3.44. The summed E-state index contributed by atoms with van der Waals surface area (Å²) in [5.74, 6) is -0.528. The molecule has 3 rings (SSSR count). The zero-order valence-corrected chi connectivity index (χ0v) is 14.8. The first kappa shape index (κ1) is 17.7. The standard InChI is InChI=1S/C20H20N2O4/c1-3-21-19(24)16-9-4-5-10-17(16)22(20(21)25)12-18(23)26-13-15-8-6-7-14(2)11-15/h4-11H,3,12-13H2,1-2H3. The smallest absolute Gasteiger partial charge is 0.332 e. The fourth-order valence-corrected chi connectivity index (χ4v) is 2.94. The van der Waals surface area contributed by atoms with Crippen molar-refractivity contribution in [2.24, 2.45) is 0 Å². The first-order valence-corrected chi connectivity index (χ1v) is 8.44. The van der Waals surface area contributed by atoms with Crippen molar-refractivity contribution in [3.8, 4) is 0 Å². The molecule has 1 aromatic heterocycles. The fourth-order valence-electron chi connectivity index (χ4n) is 2.94. The number of aromatic nitrogens is 2. The van der Waals surface area contributed by atoms with Crippen LogP contribution in [0.4, 0.5) is 0 Å². The van der Waals surface area contributed by atoms with E-state index in [1.54, 1.807) is 31.2 Å². The molecule has 0 amide bonds. The maximum absolute atomic E-state index is 12.6. The number of para-hydroxylation sites is 1. The molecule has 0 aliphatic carbocycles. The predicted octanol–water partition coefficient (Wildman–Crippen LogP) is 2.23. The summed E-state index contributed by atoms with van der Waals surface area (Å²) in [6.45, 7) is 3.82. The summed E-state index contributed by atoms with van der Waals surface area (Å²) in [5.41, 5.74) is 1.53. The van der Waals surface area contributed by atoms with Crippen molar-refractivity contribution in [1.29, 1.82) is 0 Å². The lowest BCUT2D eigenvalue weighted by atomic mass is 10.1. The number of fused-ring (bicyclic) bond motifs is 1. The summed E-state index contributed by atoms with van der Waals surface area (Å²) in [5, 5.41) is 0.403. The van der Waals surface area contributed by atoms with Gasteiger partial charge >= 0.3 is 11.7 Å². The minimum atomic E-state index is -0.528. The van der Waals surface area contributed by atoms with Crippen LogP contribution in [-0.2, 0) is 29.2 Å². The Hall–Kier alpha value is -3.15. The van der Waals surface area contributed by atoms with Gasteiger partial charge in [0.05, 0.1) is 10.9 Å². The van der Waals surface area contributed by atoms with Crippen molar-refractivity contribution in [2.45, 2.75) is 33.5 Å². The van der Waals surface area contributed by atoms with Crippen LogP contribution in [0.15, 0.2) is 58.1 Å². The molecule has 26 heavy (non-hydrogen) atoms. The Morgan fingerprint density at radius 3 is 2.54 bits per heavy atom. The lowest BCUT2D eigenvalue weighted by molar-refractivity contribution is -0.145. The molecule has 0 saturated heterocycles. The van der Waals surface area contributed by atoms with Gasteiger partial charge in [0.2, 0.25) is 0 Å². The van der Waals surface area contributed by atoms with E-state index in [1.165, 1.54) is 4.57 Å². The van der Waals surface area contributed by atoms with Crippen LogP contribution in [0.25, 0.3) is 10.9 Å². The molecule has 0 fully saturated rings. The largest absolute Gasteiger partial charge is 0.459 e. The molecule has 0 aliphatic heterocycles. The third-order valence-electron chi connectivity index (χ3n) is 4.22. The van der Waals surface area contributed by atoms with E-state index in [1.807, 2.05) is 31.2 Å². The van der Waals surface area contributed by atoms with Crippen LogP contribution in [-0.4, -0.2) is 15.1 Å². The zero-order valence-electron chi connectivity index (χ0n) is 14.8. The van der Waals surface area contributed by atoms with Gasteiger partial charge in [0.1, 0.15) is 13.2 Å². The molecule has 1 heterocycles. The molecule has 0 spiro atoms. The second-order valence-electron chi connectivity index (χ2n) is 6.09. The van der Waals surface area contributed by atoms with Crippen LogP contribution in [0, 0.1) is 6.92 Å². The first-order valence-electron chi connectivity index (χ1n) is 8.44. The molecule has 2 aromatic carbocycles. The Morgan fingerprint density at radius 1 is 1.04 bits per heavy atom. The lowest BCUT2D eigenvalue weighted by Crippen LogP contribution is -2.40. The Balaban J connectivity index is 1.89. The maximum atomic E-state index is 12.6. The number of benzene rings is 2. The van der Waals surface area contributed by atoms with E-state index in [9.17, 15) is 14.4 Å². The molecule has 0 atom stereocenters. The van der Waals surface area contributed by atoms with Crippen molar-refractivity contribution >= 4 is 16.9 Å². The molecule has 0 bridgehead atoms. The summed E-state index contributed by atoms with van der Waals surface area (Å²) in [6.07, 6.45) is 0. The summed E-state index contributed by atoms with van der Waals surface area (Å²) in [4.78, 5) is 37.3. The van der Waals surface area contributed by atoms with Gasteiger partial charge in [0.25, 0.3) is 5.56 Å². The van der Waals surface area contributed by atoms with Gasteiger partial charge in [-0.1, -0.05) is 42.0 Å². The molecule has 134 valence electrons. The normalized spacial score (nSPS) is 10.8. The van der Waals surface area contributed by atoms with E-state index in [4.69, 9.17) is 4.74 Å². The Kier molecular flexibility index (Phi) is 5.02. The van der Waals surface area contributed by atoms with Crippen molar-refractivity contribution < 1.29 is 9.53 Å². The summed E-state index contributed by atoms with van der Waals surface area (Å²) >= 11 is 0. The van der Waals surface area contributed by atoms with E-state index >= 15 is 0 Å². The van der Waals surface area contributed by atoms with Gasteiger partial charge in [0, 0.05) is 6.54 Å². The van der Waals surface area contributed by atoms with Crippen LogP contribution in [0.1, 0.15) is 18.1 Å². The predicted molar refractivity (Wildman–Crippen MR) is 99.1 cm³/mol. The van der Waals surface area contributed by atoms with Gasteiger partial charge in [-0.25, -0.2) is 4.79 Å². The third-order valence-corrected chi connectivity index (χ3v) is 4.22. The Bertz CT molecular complexity index is 1080. The molecule has 0 saturated carbocycles. The molecule has 6 heteroatoms. The second kappa shape index (κ2) is 7.39. The van der Waals surface area contributed by atoms with Gasteiger partial charge < -0.3 is 4.74 Å². The highest BCUT2D eigenvalue weighted by Crippen LogP contribution is 2.09. The van der Waals surface area contributed by atoms with E-state index in [0.29, 0.717) is 10.9 Å². The van der Waals surface area contributed by atoms with Crippen molar-refractivity contribution in [3.63, 3.8) is 0 Å². The molecule has 3 aromatic rings. The summed E-state index contributed by atoms with van der Waals surface area (Å²) < 4.78 is 7.72. The summed E-state index contributed by atoms with van der Waals surface area (Å²) in [7, 11) is 0.